The predicted molar refractivity (Wildman–Crippen MR) is 108 cm³/mol. The van der Waals surface area contributed by atoms with E-state index in [1.807, 2.05) is 37.4 Å². The van der Waals surface area contributed by atoms with Gasteiger partial charge in [-0.05, 0) is 43.7 Å². The van der Waals surface area contributed by atoms with Crippen LogP contribution in [-0.4, -0.2) is 67.4 Å². The van der Waals surface area contributed by atoms with Crippen molar-refractivity contribution in [1.82, 2.24) is 9.97 Å². The number of nitrogens with zero attached hydrogens (tertiary/aromatic N) is 1. The zero-order valence-corrected chi connectivity index (χ0v) is 16.6. The Morgan fingerprint density at radius 1 is 1.17 bits per heavy atom. The highest BCUT2D eigenvalue weighted by atomic mass is 16.5. The minimum absolute atomic E-state index is 0.779. The maximum absolute atomic E-state index is 9.77. The molecule has 2 unspecified atom stereocenters. The fraction of sp³-hybridized carbons (Fsp3) is 0.250. The molecule has 0 spiro atoms. The van der Waals surface area contributed by atoms with Crippen LogP contribution in [0.15, 0.2) is 46.9 Å². The number of carbonyl (C=O) groups is 2. The van der Waals surface area contributed by atoms with E-state index in [0.717, 1.165) is 34.2 Å². The normalized spacial score (nSPS) is 16.2. The van der Waals surface area contributed by atoms with Crippen LogP contribution in [-0.2, 0) is 14.3 Å². The fourth-order valence-corrected chi connectivity index (χ4v) is 2.62. The van der Waals surface area contributed by atoms with Crippen molar-refractivity contribution in [2.75, 3.05) is 7.11 Å². The van der Waals surface area contributed by atoms with Crippen LogP contribution in [0.5, 0.6) is 0 Å². The number of rotatable bonds is 6. The van der Waals surface area contributed by atoms with Crippen LogP contribution >= 0.6 is 0 Å². The van der Waals surface area contributed by atoms with Gasteiger partial charge in [0.15, 0.2) is 12.2 Å². The van der Waals surface area contributed by atoms with Crippen molar-refractivity contribution in [1.29, 1.82) is 0 Å². The Kier molecular flexibility index (Phi) is 7.34. The molecule has 1 aliphatic heterocycles. The van der Waals surface area contributed by atoms with Crippen LogP contribution in [0.3, 0.4) is 0 Å². The Labute approximate surface area is 171 Å². The Balaban J connectivity index is 0.000000274. The van der Waals surface area contributed by atoms with Crippen LogP contribution in [0.1, 0.15) is 22.6 Å². The summed E-state index contributed by atoms with van der Waals surface area (Å²) in [4.78, 5) is 30.7. The fourth-order valence-electron chi connectivity index (χ4n) is 2.62. The number of H-pyrrole nitrogens is 2. The van der Waals surface area contributed by atoms with E-state index in [0.29, 0.717) is 0 Å². The molecule has 10 heteroatoms. The Morgan fingerprint density at radius 2 is 1.80 bits per heavy atom. The number of aliphatic carboxylic acids is 2. The predicted octanol–water partition coefficient (Wildman–Crippen LogP) is 1.21. The van der Waals surface area contributed by atoms with E-state index in [-0.39, 0.29) is 0 Å². The van der Waals surface area contributed by atoms with Gasteiger partial charge in [-0.25, -0.2) is 14.6 Å². The van der Waals surface area contributed by atoms with E-state index >= 15 is 0 Å². The summed E-state index contributed by atoms with van der Waals surface area (Å²) in [7, 11) is 1.67. The molecule has 160 valence electrons. The van der Waals surface area contributed by atoms with E-state index in [1.165, 1.54) is 5.56 Å². The van der Waals surface area contributed by atoms with Crippen LogP contribution in [0.25, 0.3) is 6.08 Å². The van der Waals surface area contributed by atoms with Crippen molar-refractivity contribution >= 4 is 23.7 Å². The van der Waals surface area contributed by atoms with E-state index in [4.69, 9.17) is 25.2 Å². The second kappa shape index (κ2) is 9.72. The lowest BCUT2D eigenvalue weighted by Crippen LogP contribution is -2.39. The van der Waals surface area contributed by atoms with E-state index in [2.05, 4.69) is 28.0 Å². The van der Waals surface area contributed by atoms with Gasteiger partial charge in [-0.1, -0.05) is 0 Å². The molecule has 0 saturated carbocycles. The van der Waals surface area contributed by atoms with Gasteiger partial charge in [0.25, 0.3) is 0 Å². The van der Waals surface area contributed by atoms with E-state index < -0.39 is 24.1 Å². The highest BCUT2D eigenvalue weighted by molar-refractivity contribution is 6.11. The second-order valence-corrected chi connectivity index (χ2v) is 6.44. The first-order valence-electron chi connectivity index (χ1n) is 8.82. The van der Waals surface area contributed by atoms with Crippen molar-refractivity contribution in [3.8, 4) is 0 Å². The lowest BCUT2D eigenvalue weighted by molar-refractivity contribution is -0.165. The number of allylic oxidation sites excluding steroid dienone is 1. The second-order valence-electron chi connectivity index (χ2n) is 6.44. The topological polar surface area (TPSA) is 168 Å². The number of carboxylic acids is 2. The Bertz CT molecular complexity index is 982. The maximum atomic E-state index is 9.77. The van der Waals surface area contributed by atoms with Crippen molar-refractivity contribution in [3.63, 3.8) is 0 Å². The quantitative estimate of drug-likeness (QED) is 0.410. The van der Waals surface area contributed by atoms with Gasteiger partial charge in [0.05, 0.1) is 18.5 Å². The molecule has 30 heavy (non-hydrogen) atoms. The number of aliphatic hydroxyl groups is 2. The number of hydrogen-bond acceptors (Lipinski definition) is 6. The monoisotopic (exact) mass is 417 g/mol. The molecule has 0 amide bonds. The summed E-state index contributed by atoms with van der Waals surface area (Å²) in [6.45, 7) is 4.13. The van der Waals surface area contributed by atoms with Gasteiger partial charge in [-0.15, -0.1) is 0 Å². The largest absolute Gasteiger partial charge is 0.494 e. The van der Waals surface area contributed by atoms with Gasteiger partial charge in [0.2, 0.25) is 0 Å². The highest BCUT2D eigenvalue weighted by Gasteiger charge is 2.29. The van der Waals surface area contributed by atoms with Crippen molar-refractivity contribution in [2.45, 2.75) is 26.1 Å². The molecule has 0 aliphatic carbocycles. The number of carboxylic acid groups (broad SMARTS) is 2. The van der Waals surface area contributed by atoms with Crippen molar-refractivity contribution in [2.24, 2.45) is 4.99 Å². The summed E-state index contributed by atoms with van der Waals surface area (Å²) >= 11 is 0. The average Bonchev–Trinajstić information content (AvgIpc) is 3.41. The van der Waals surface area contributed by atoms with Gasteiger partial charge in [-0.2, -0.15) is 0 Å². The van der Waals surface area contributed by atoms with Crippen LogP contribution in [0.4, 0.5) is 0 Å². The lowest BCUT2D eigenvalue weighted by atomic mass is 10.2. The number of hydrogen-bond donors (Lipinski definition) is 6. The standard InChI is InChI=1S/C16H17N3O.C4H6O6/c1-10-7-11(2)18-13(10)8-15-16(20-3)9-14(19-15)12-5-4-6-17-12;5-1(3(7)8)2(6)4(9)10/h4-9,17-18H,1-3H3;1-2,5-6H,(H,7,8)(H,9,10)/b15-8-;. The third-order valence-corrected chi connectivity index (χ3v) is 4.13. The van der Waals surface area contributed by atoms with Crippen LogP contribution in [0.2, 0.25) is 0 Å². The zero-order chi connectivity index (χ0) is 22.4. The average molecular weight is 417 g/mol. The molecule has 0 bridgehead atoms. The molecular weight excluding hydrogens is 394 g/mol. The summed E-state index contributed by atoms with van der Waals surface area (Å²) in [5.41, 5.74) is 6.12. The number of methoxy groups -OCH3 is 1. The van der Waals surface area contributed by atoms with Gasteiger partial charge in [0, 0.05) is 23.7 Å². The Hall–Kier alpha value is -3.63. The third kappa shape index (κ3) is 5.46. The van der Waals surface area contributed by atoms with Gasteiger partial charge in [0.1, 0.15) is 11.5 Å². The van der Waals surface area contributed by atoms with Gasteiger partial charge in [-0.3, -0.25) is 0 Å². The molecular formula is C20H23N3O7. The SMILES string of the molecule is COC1=CC(c2ccc[nH]2)=N/C1=C\c1[nH]c(C)cc1C.O=C(O)C(O)C(O)C(=O)O. The summed E-state index contributed by atoms with van der Waals surface area (Å²) < 4.78 is 5.42. The number of aliphatic imine (C=N–C) groups is 1. The molecule has 2 atom stereocenters. The maximum Gasteiger partial charge on any atom is 0.335 e. The molecule has 2 aromatic rings. The first-order valence-corrected chi connectivity index (χ1v) is 8.82. The molecule has 0 saturated heterocycles. The van der Waals surface area contributed by atoms with Crippen molar-refractivity contribution in [3.05, 3.63) is 64.6 Å². The number of aromatic amines is 2. The molecule has 0 fully saturated rings. The summed E-state index contributed by atoms with van der Waals surface area (Å²) in [5, 5.41) is 32.5. The zero-order valence-electron chi connectivity index (χ0n) is 16.6. The van der Waals surface area contributed by atoms with Gasteiger partial charge < -0.3 is 35.1 Å². The van der Waals surface area contributed by atoms with Gasteiger partial charge >= 0.3 is 11.9 Å². The molecule has 10 nitrogen and oxygen atoms in total. The van der Waals surface area contributed by atoms with E-state index in [9.17, 15) is 9.59 Å². The number of aromatic nitrogens is 2. The molecule has 2 aromatic heterocycles. The number of nitrogens with one attached hydrogen (secondary N) is 2. The summed E-state index contributed by atoms with van der Waals surface area (Å²) in [6, 6.07) is 6.07. The summed E-state index contributed by atoms with van der Waals surface area (Å²) in [5.74, 6) is -2.76. The van der Waals surface area contributed by atoms with E-state index in [1.54, 1.807) is 7.11 Å². The first kappa shape index (κ1) is 22.7. The number of aryl methyl sites for hydroxylation is 2. The molecule has 1 aliphatic rings. The molecule has 6 N–H and O–H groups in total. The minimum Gasteiger partial charge on any atom is -0.494 e. The minimum atomic E-state index is -2.27. The number of ether oxygens (including phenoxy) is 1. The molecule has 0 aromatic carbocycles. The first-order chi connectivity index (χ1) is 14.1. The molecule has 3 heterocycles. The number of aliphatic hydroxyl groups excluding tert-OH is 2. The molecule has 0 radical (unpaired) electrons. The lowest BCUT2D eigenvalue weighted by Gasteiger charge is -2.07. The Morgan fingerprint density at radius 3 is 2.23 bits per heavy atom. The molecule has 3 rings (SSSR count). The highest BCUT2D eigenvalue weighted by Crippen LogP contribution is 2.25. The summed E-state index contributed by atoms with van der Waals surface area (Å²) in [6.07, 6.45) is 1.32. The smallest absolute Gasteiger partial charge is 0.335 e. The van der Waals surface area contributed by atoms with Crippen LogP contribution in [0, 0.1) is 13.8 Å². The third-order valence-electron chi connectivity index (χ3n) is 4.13. The van der Waals surface area contributed by atoms with Crippen LogP contribution < -0.4 is 0 Å². The van der Waals surface area contributed by atoms with Crippen molar-refractivity contribution < 1.29 is 34.8 Å².